The van der Waals surface area contributed by atoms with Gasteiger partial charge in [-0.25, -0.2) is 0 Å². The Bertz CT molecular complexity index is 828. The van der Waals surface area contributed by atoms with Gasteiger partial charge in [-0.1, -0.05) is 24.3 Å². The zero-order valence-corrected chi connectivity index (χ0v) is 13.7. The van der Waals surface area contributed by atoms with Crippen molar-refractivity contribution in [3.8, 4) is 5.75 Å². The van der Waals surface area contributed by atoms with Gasteiger partial charge in [0, 0.05) is 22.7 Å². The largest absolute Gasteiger partial charge is 0.497 e. The molecular weight excluding hydrogens is 314 g/mol. The van der Waals surface area contributed by atoms with Gasteiger partial charge in [-0.3, -0.25) is 9.52 Å². The third-order valence-electron chi connectivity index (χ3n) is 3.22. The van der Waals surface area contributed by atoms with Crippen LogP contribution in [0.15, 0.2) is 63.6 Å². The quantitative estimate of drug-likeness (QED) is 0.716. The zero-order valence-electron chi connectivity index (χ0n) is 12.0. The number of nitrogens with one attached hydrogen (secondary N) is 1. The third-order valence-corrected chi connectivity index (χ3v) is 5.22. The van der Waals surface area contributed by atoms with E-state index in [9.17, 15) is 4.79 Å². The lowest BCUT2D eigenvalue weighted by Crippen LogP contribution is -2.04. The first kappa shape index (κ1) is 15.1. The maximum atomic E-state index is 12.1. The van der Waals surface area contributed by atoms with E-state index in [1.165, 1.54) is 17.5 Å². The van der Waals surface area contributed by atoms with Gasteiger partial charge in [0.15, 0.2) is 5.43 Å². The Balaban J connectivity index is 1.67. The standard InChI is InChI=1S/C17H15NO2S2/c1-20-13-8-6-12(7-9-13)11-18-22-17-10-15(19)14-4-2-3-5-16(14)21-17/h2-10,18H,11H2,1H3. The zero-order chi connectivity index (χ0) is 15.4. The molecule has 1 N–H and O–H groups in total. The molecule has 0 aliphatic rings. The number of hydrogen-bond acceptors (Lipinski definition) is 5. The van der Waals surface area contributed by atoms with Gasteiger partial charge in [0.2, 0.25) is 0 Å². The fourth-order valence-electron chi connectivity index (χ4n) is 2.07. The summed E-state index contributed by atoms with van der Waals surface area (Å²) in [6.45, 7) is 0.725. The van der Waals surface area contributed by atoms with Crippen molar-refractivity contribution in [2.75, 3.05) is 7.11 Å². The molecule has 22 heavy (non-hydrogen) atoms. The van der Waals surface area contributed by atoms with Crippen LogP contribution in [-0.4, -0.2) is 7.11 Å². The summed E-state index contributed by atoms with van der Waals surface area (Å²) < 4.78 is 10.4. The number of hydrogen-bond donors (Lipinski definition) is 1. The Hall–Kier alpha value is -1.82. The number of ether oxygens (including phenoxy) is 1. The summed E-state index contributed by atoms with van der Waals surface area (Å²) >= 11 is 3.11. The van der Waals surface area contributed by atoms with Crippen LogP contribution in [0, 0.1) is 0 Å². The van der Waals surface area contributed by atoms with Crippen LogP contribution < -0.4 is 14.9 Å². The average molecular weight is 329 g/mol. The van der Waals surface area contributed by atoms with E-state index in [1.54, 1.807) is 24.5 Å². The van der Waals surface area contributed by atoms with Gasteiger partial charge in [0.05, 0.1) is 11.3 Å². The molecule has 0 saturated heterocycles. The van der Waals surface area contributed by atoms with Crippen LogP contribution in [0.3, 0.4) is 0 Å². The first-order chi connectivity index (χ1) is 10.8. The van der Waals surface area contributed by atoms with Crippen LogP contribution in [0.1, 0.15) is 5.56 Å². The monoisotopic (exact) mass is 329 g/mol. The first-order valence-electron chi connectivity index (χ1n) is 6.82. The highest BCUT2D eigenvalue weighted by Gasteiger charge is 2.03. The number of fused-ring (bicyclic) bond motifs is 1. The van der Waals surface area contributed by atoms with Crippen LogP contribution in [0.2, 0.25) is 0 Å². The van der Waals surface area contributed by atoms with E-state index in [0.717, 1.165) is 26.6 Å². The maximum absolute atomic E-state index is 12.1. The van der Waals surface area contributed by atoms with Crippen LogP contribution in [-0.2, 0) is 6.54 Å². The van der Waals surface area contributed by atoms with Crippen LogP contribution in [0.25, 0.3) is 10.1 Å². The fraction of sp³-hybridized carbons (Fsp3) is 0.118. The molecule has 2 aromatic carbocycles. The Kier molecular flexibility index (Phi) is 4.77. The first-order valence-corrected chi connectivity index (χ1v) is 8.45. The van der Waals surface area contributed by atoms with Crippen molar-refractivity contribution >= 4 is 33.4 Å². The van der Waals surface area contributed by atoms with E-state index in [-0.39, 0.29) is 5.43 Å². The topological polar surface area (TPSA) is 38.3 Å². The Morgan fingerprint density at radius 1 is 1.14 bits per heavy atom. The van der Waals surface area contributed by atoms with Gasteiger partial charge in [0.1, 0.15) is 5.75 Å². The highest BCUT2D eigenvalue weighted by atomic mass is 32.2. The van der Waals surface area contributed by atoms with E-state index in [4.69, 9.17) is 4.74 Å². The van der Waals surface area contributed by atoms with Gasteiger partial charge >= 0.3 is 0 Å². The average Bonchev–Trinajstić information content (AvgIpc) is 2.56. The van der Waals surface area contributed by atoms with E-state index < -0.39 is 0 Å². The van der Waals surface area contributed by atoms with Crippen molar-refractivity contribution in [2.24, 2.45) is 0 Å². The second kappa shape index (κ2) is 6.96. The summed E-state index contributed by atoms with van der Waals surface area (Å²) in [5.74, 6) is 0.851. The van der Waals surface area contributed by atoms with Crippen LogP contribution in [0.4, 0.5) is 0 Å². The minimum atomic E-state index is 0.0723. The van der Waals surface area contributed by atoms with Gasteiger partial charge in [0.25, 0.3) is 0 Å². The molecule has 3 nitrogen and oxygen atoms in total. The number of methoxy groups -OCH3 is 1. The van der Waals surface area contributed by atoms with E-state index in [0.29, 0.717) is 0 Å². The molecule has 0 amide bonds. The van der Waals surface area contributed by atoms with Crippen molar-refractivity contribution in [1.82, 2.24) is 4.72 Å². The summed E-state index contributed by atoms with van der Waals surface area (Å²) in [5, 5.41) is 0.784. The SMILES string of the molecule is COc1ccc(CNSc2cc(=O)c3ccccc3s2)cc1. The van der Waals surface area contributed by atoms with Crippen molar-refractivity contribution in [3.63, 3.8) is 0 Å². The molecule has 0 unspecified atom stereocenters. The van der Waals surface area contributed by atoms with E-state index in [1.807, 2.05) is 48.5 Å². The lowest BCUT2D eigenvalue weighted by atomic mass is 10.2. The van der Waals surface area contributed by atoms with Gasteiger partial charge < -0.3 is 4.74 Å². The van der Waals surface area contributed by atoms with Crippen molar-refractivity contribution in [1.29, 1.82) is 0 Å². The normalized spacial score (nSPS) is 10.8. The Morgan fingerprint density at radius 3 is 2.68 bits per heavy atom. The smallest absolute Gasteiger partial charge is 0.189 e. The molecule has 0 saturated carbocycles. The lowest BCUT2D eigenvalue weighted by molar-refractivity contribution is 0.414. The fourth-order valence-corrected chi connectivity index (χ4v) is 4.03. The molecule has 112 valence electrons. The molecule has 0 aliphatic heterocycles. The molecule has 5 heteroatoms. The molecule has 0 atom stereocenters. The van der Waals surface area contributed by atoms with E-state index >= 15 is 0 Å². The minimum absolute atomic E-state index is 0.0723. The number of benzene rings is 2. The molecule has 0 bridgehead atoms. The molecule has 1 heterocycles. The summed E-state index contributed by atoms with van der Waals surface area (Å²) in [6, 6.07) is 17.3. The van der Waals surface area contributed by atoms with Crippen molar-refractivity contribution in [2.45, 2.75) is 10.8 Å². The van der Waals surface area contributed by atoms with Gasteiger partial charge in [-0.2, -0.15) is 0 Å². The van der Waals surface area contributed by atoms with E-state index in [2.05, 4.69) is 4.72 Å². The molecule has 1 aromatic heterocycles. The minimum Gasteiger partial charge on any atom is -0.497 e. The molecule has 0 radical (unpaired) electrons. The Morgan fingerprint density at radius 2 is 1.91 bits per heavy atom. The molecular formula is C17H15NO2S2. The Labute approximate surface area is 137 Å². The molecule has 0 spiro atoms. The maximum Gasteiger partial charge on any atom is 0.189 e. The highest BCUT2D eigenvalue weighted by molar-refractivity contribution is 7.99. The predicted octanol–water partition coefficient (Wildman–Crippen LogP) is 4.07. The molecule has 0 aliphatic carbocycles. The molecule has 3 rings (SSSR count). The van der Waals surface area contributed by atoms with Gasteiger partial charge in [-0.15, -0.1) is 11.3 Å². The highest BCUT2D eigenvalue weighted by Crippen LogP contribution is 2.25. The second-order valence-electron chi connectivity index (χ2n) is 4.70. The lowest BCUT2D eigenvalue weighted by Gasteiger charge is -2.05. The summed E-state index contributed by atoms with van der Waals surface area (Å²) in [4.78, 5) is 12.1. The van der Waals surface area contributed by atoms with Crippen LogP contribution >= 0.6 is 23.3 Å². The summed E-state index contributed by atoms with van der Waals surface area (Å²) in [5.41, 5.74) is 1.24. The number of rotatable bonds is 5. The third kappa shape index (κ3) is 3.50. The second-order valence-corrected chi connectivity index (χ2v) is 6.97. The summed E-state index contributed by atoms with van der Waals surface area (Å²) in [7, 11) is 1.66. The van der Waals surface area contributed by atoms with Crippen molar-refractivity contribution in [3.05, 3.63) is 70.4 Å². The van der Waals surface area contributed by atoms with Gasteiger partial charge in [-0.05, 0) is 41.8 Å². The van der Waals surface area contributed by atoms with Crippen molar-refractivity contribution < 1.29 is 4.74 Å². The summed E-state index contributed by atoms with van der Waals surface area (Å²) in [6.07, 6.45) is 0. The predicted molar refractivity (Wildman–Crippen MR) is 93.8 cm³/mol. The van der Waals surface area contributed by atoms with Crippen LogP contribution in [0.5, 0.6) is 5.75 Å². The molecule has 0 fully saturated rings. The molecule has 3 aromatic rings.